The zero-order valence-corrected chi connectivity index (χ0v) is 19.1. The van der Waals surface area contributed by atoms with Gasteiger partial charge in [0.25, 0.3) is 0 Å². The normalized spacial score (nSPS) is 12.2. The average Bonchev–Trinajstić information content (AvgIpc) is 2.67. The summed E-state index contributed by atoms with van der Waals surface area (Å²) >= 11 is 0. The summed E-state index contributed by atoms with van der Waals surface area (Å²) in [6.45, 7) is 5.33. The molecule has 3 atom stereocenters. The quantitative estimate of drug-likeness (QED) is 0.183. The molecule has 0 aromatic rings. The fraction of sp³-hybridized carbons (Fsp3) is 0.667. The van der Waals surface area contributed by atoms with Crippen molar-refractivity contribution in [2.75, 3.05) is 0 Å². The molecule has 13 heteroatoms. The Morgan fingerprint density at radius 1 is 0.548 bits per heavy atom. The number of carbonyl (C=O) groups excluding carboxylic acids is 6. The molecule has 174 valence electrons. The molecule has 0 aromatic carbocycles. The smallest absolute Gasteiger partial charge is 0.548 e. The van der Waals surface area contributed by atoms with Gasteiger partial charge in [-0.2, -0.15) is 0 Å². The first-order chi connectivity index (χ1) is 13.8. The molecule has 0 saturated heterocycles. The predicted molar refractivity (Wildman–Crippen MR) is 104 cm³/mol. The minimum absolute atomic E-state index is 0. The molecule has 0 saturated carbocycles. The van der Waals surface area contributed by atoms with Crippen LogP contribution in [0, 0.1) is 0 Å². The maximum atomic E-state index is 10.6. The van der Waals surface area contributed by atoms with Gasteiger partial charge in [-0.15, -0.1) is 0 Å². The maximum Gasteiger partial charge on any atom is 3.00 e. The van der Waals surface area contributed by atoms with E-state index in [0.29, 0.717) is 19.3 Å². The predicted octanol–water partition coefficient (Wildman–Crippen LogP) is -5.08. The molecule has 0 radical (unpaired) electrons. The van der Waals surface area contributed by atoms with Gasteiger partial charge in [0.2, 0.25) is 0 Å². The minimum atomic E-state index is -1.50. The molecule has 6 N–H and O–H groups in total. The van der Waals surface area contributed by atoms with Crippen LogP contribution in [-0.2, 0) is 28.8 Å². The van der Waals surface area contributed by atoms with Gasteiger partial charge in [0.15, 0.2) is 17.3 Å². The monoisotopic (exact) mass is 459 g/mol. The molecule has 3 unspecified atom stereocenters. The zero-order chi connectivity index (χ0) is 24.4. The van der Waals surface area contributed by atoms with Crippen molar-refractivity contribution in [1.29, 1.82) is 0 Å². The average molecular weight is 459 g/mol. The van der Waals surface area contributed by atoms with Gasteiger partial charge >= 0.3 is 17.4 Å². The minimum Gasteiger partial charge on any atom is -0.548 e. The summed E-state index contributed by atoms with van der Waals surface area (Å²) in [6, 6.07) is -4.33. The van der Waals surface area contributed by atoms with Crippen LogP contribution in [0.3, 0.4) is 0 Å². The van der Waals surface area contributed by atoms with Crippen molar-refractivity contribution >= 4 is 52.6 Å². The fourth-order valence-corrected chi connectivity index (χ4v) is 1.60. The second-order valence-corrected chi connectivity index (χ2v) is 6.04. The molecule has 0 spiro atoms. The van der Waals surface area contributed by atoms with Crippen molar-refractivity contribution in [3.8, 4) is 0 Å². The second kappa shape index (κ2) is 21.1. The first-order valence-electron chi connectivity index (χ1n) is 9.25. The van der Waals surface area contributed by atoms with Crippen LogP contribution >= 0.6 is 0 Å². The van der Waals surface area contributed by atoms with Crippen LogP contribution in [0.1, 0.15) is 59.3 Å². The molecule has 31 heavy (non-hydrogen) atoms. The third kappa shape index (κ3) is 19.5. The number of ketones is 3. The largest absolute Gasteiger partial charge is 3.00 e. The fourth-order valence-electron chi connectivity index (χ4n) is 1.60. The summed E-state index contributed by atoms with van der Waals surface area (Å²) in [6.07, 6.45) is 2.44. The van der Waals surface area contributed by atoms with Gasteiger partial charge in [0.1, 0.15) is 18.1 Å². The summed E-state index contributed by atoms with van der Waals surface area (Å²) in [7, 11) is 0. The number of nitrogens with two attached hydrogens (primary N) is 3. The first-order valence-corrected chi connectivity index (χ1v) is 9.25. The number of carboxylic acid groups (broad SMARTS) is 3. The number of aliphatic carboxylic acids is 3. The second-order valence-electron chi connectivity index (χ2n) is 6.04. The molecule has 0 aliphatic heterocycles. The van der Waals surface area contributed by atoms with Crippen LogP contribution in [0.2, 0.25) is 0 Å². The number of rotatable bonds is 12. The summed E-state index contributed by atoms with van der Waals surface area (Å²) in [5.74, 6) is -5.91. The Labute approximate surface area is 191 Å². The Bertz CT molecular complexity index is 519. The standard InChI is InChI=1S/3C6H11NO3.Al/c3*1-2-3-4(8)5(7)6(9)10;/h3*5H,2-3,7H2,1H3,(H,9,10);/q;;;+3/p-3. The first kappa shape index (κ1) is 36.2. The number of carbonyl (C=O) groups is 6. The van der Waals surface area contributed by atoms with Crippen LogP contribution in [0.25, 0.3) is 0 Å². The van der Waals surface area contributed by atoms with Crippen molar-refractivity contribution in [2.45, 2.75) is 77.4 Å². The molecular weight excluding hydrogens is 429 g/mol. The van der Waals surface area contributed by atoms with E-state index in [1.165, 1.54) is 0 Å². The van der Waals surface area contributed by atoms with Crippen molar-refractivity contribution in [3.05, 3.63) is 0 Å². The topological polar surface area (TPSA) is 250 Å². The number of Topliss-reactive ketones (excluding diaryl/α,β-unsaturated/α-hetero) is 3. The van der Waals surface area contributed by atoms with E-state index in [1.807, 2.05) is 0 Å². The third-order valence-electron chi connectivity index (χ3n) is 3.29. The van der Waals surface area contributed by atoms with E-state index in [2.05, 4.69) is 0 Å². The zero-order valence-electron chi connectivity index (χ0n) is 18.0. The molecule has 0 heterocycles. The number of hydrogen-bond acceptors (Lipinski definition) is 12. The molecule has 12 nitrogen and oxygen atoms in total. The van der Waals surface area contributed by atoms with Crippen molar-refractivity contribution < 1.29 is 44.1 Å². The summed E-state index contributed by atoms with van der Waals surface area (Å²) in [5, 5.41) is 29.9. The van der Waals surface area contributed by atoms with E-state index >= 15 is 0 Å². The van der Waals surface area contributed by atoms with Gasteiger partial charge in [-0.3, -0.25) is 14.4 Å². The van der Waals surface area contributed by atoms with Crippen molar-refractivity contribution in [3.63, 3.8) is 0 Å². The van der Waals surface area contributed by atoms with Gasteiger partial charge < -0.3 is 46.9 Å². The van der Waals surface area contributed by atoms with Gasteiger partial charge in [0, 0.05) is 19.3 Å². The Morgan fingerprint density at radius 3 is 0.806 bits per heavy atom. The van der Waals surface area contributed by atoms with Crippen LogP contribution in [0.4, 0.5) is 0 Å². The molecule has 0 amide bonds. The van der Waals surface area contributed by atoms with Crippen molar-refractivity contribution in [1.82, 2.24) is 0 Å². The third-order valence-corrected chi connectivity index (χ3v) is 3.29. The Hall–Kier alpha value is -2.17. The van der Waals surface area contributed by atoms with Crippen molar-refractivity contribution in [2.24, 2.45) is 17.2 Å². The SMILES string of the molecule is CCCC(=O)C(N)C(=O)[O-].CCCC(=O)C(N)C(=O)[O-].CCCC(=O)C(N)C(=O)[O-].[Al+3]. The Balaban J connectivity index is -0.000000174. The van der Waals surface area contributed by atoms with E-state index in [9.17, 15) is 44.1 Å². The Kier molecular flexibility index (Phi) is 24.6. The van der Waals surface area contributed by atoms with E-state index < -0.39 is 53.4 Å². The van der Waals surface area contributed by atoms with Gasteiger partial charge in [0.05, 0.1) is 17.9 Å². The van der Waals surface area contributed by atoms with E-state index in [-0.39, 0.29) is 36.6 Å². The number of carboxylic acids is 3. The molecule has 0 bridgehead atoms. The van der Waals surface area contributed by atoms with Crippen LogP contribution < -0.4 is 32.5 Å². The van der Waals surface area contributed by atoms with E-state index in [1.54, 1.807) is 20.8 Å². The summed E-state index contributed by atoms with van der Waals surface area (Å²) in [4.78, 5) is 61.8. The van der Waals surface area contributed by atoms with E-state index in [0.717, 1.165) is 0 Å². The van der Waals surface area contributed by atoms with Crippen LogP contribution in [0.5, 0.6) is 0 Å². The van der Waals surface area contributed by atoms with Gasteiger partial charge in [-0.05, 0) is 19.3 Å². The Morgan fingerprint density at radius 2 is 0.710 bits per heavy atom. The van der Waals surface area contributed by atoms with E-state index in [4.69, 9.17) is 17.2 Å². The van der Waals surface area contributed by atoms with Gasteiger partial charge in [-0.1, -0.05) is 20.8 Å². The molecule has 0 rings (SSSR count). The molecule has 0 aromatic heterocycles. The molecular formula is C18H30AlN3O9. The number of hydrogen-bond donors (Lipinski definition) is 3. The van der Waals surface area contributed by atoms with Crippen LogP contribution in [-0.4, -0.2) is 70.7 Å². The summed E-state index contributed by atoms with van der Waals surface area (Å²) < 4.78 is 0. The van der Waals surface area contributed by atoms with Crippen LogP contribution in [0.15, 0.2) is 0 Å². The maximum absolute atomic E-state index is 10.6. The summed E-state index contributed by atoms with van der Waals surface area (Å²) in [5.41, 5.74) is 14.8. The van der Waals surface area contributed by atoms with Gasteiger partial charge in [-0.25, -0.2) is 0 Å². The molecule has 0 fully saturated rings. The molecule has 0 aliphatic rings. The molecule has 0 aliphatic carbocycles.